The predicted molar refractivity (Wildman–Crippen MR) is 70.0 cm³/mol. The van der Waals surface area contributed by atoms with Crippen molar-refractivity contribution < 1.29 is 9.69 Å². The Hall–Kier alpha value is -0.370. The van der Waals surface area contributed by atoms with E-state index in [0.717, 1.165) is 26.1 Å². The van der Waals surface area contributed by atoms with Crippen LogP contribution in [0.15, 0.2) is 0 Å². The highest BCUT2D eigenvalue weighted by molar-refractivity contribution is 5.91. The Bertz CT molecular complexity index is 319. The number of ketones is 1. The second kappa shape index (κ2) is 4.08. The molecule has 0 aromatic rings. The minimum absolute atomic E-state index is 0.0328. The monoisotopic (exact) mass is 238 g/mol. The Morgan fingerprint density at radius 1 is 1.24 bits per heavy atom. The molecule has 2 fully saturated rings. The topological polar surface area (TPSA) is 21.5 Å². The summed E-state index contributed by atoms with van der Waals surface area (Å²) in [6.45, 7) is 14.7. The maximum Gasteiger partial charge on any atom is 0.148 e. The molecule has 0 radical (unpaired) electrons. The largest absolute Gasteiger partial charge is 0.335 e. The number of nitrogens with one attached hydrogen (secondary N) is 1. The maximum absolute atomic E-state index is 12.7. The van der Waals surface area contributed by atoms with Crippen LogP contribution in [0.4, 0.5) is 0 Å². The van der Waals surface area contributed by atoms with E-state index in [9.17, 15) is 4.79 Å². The first-order valence-corrected chi connectivity index (χ1v) is 7.26. The van der Waals surface area contributed by atoms with Gasteiger partial charge < -0.3 is 4.90 Å². The van der Waals surface area contributed by atoms with Crippen LogP contribution < -0.4 is 4.90 Å². The standard InChI is InChI=1S/C15H27NO/c1-6-16(7-2)10-11-12-8-9-15(5,13(11)17)14(12,3)4/h11-12H,6-10H2,1-5H3/p+1. The maximum atomic E-state index is 12.7. The lowest BCUT2D eigenvalue weighted by Gasteiger charge is -2.32. The van der Waals surface area contributed by atoms with Gasteiger partial charge in [-0.05, 0) is 38.0 Å². The van der Waals surface area contributed by atoms with Crippen LogP contribution in [0.3, 0.4) is 0 Å². The van der Waals surface area contributed by atoms with E-state index in [2.05, 4.69) is 34.6 Å². The Balaban J connectivity index is 2.20. The van der Waals surface area contributed by atoms with Crippen molar-refractivity contribution in [1.82, 2.24) is 0 Å². The highest BCUT2D eigenvalue weighted by Gasteiger charge is 2.66. The van der Waals surface area contributed by atoms with Crippen molar-refractivity contribution in [3.8, 4) is 0 Å². The summed E-state index contributed by atoms with van der Waals surface area (Å²) in [5.74, 6) is 1.53. The molecule has 3 atom stereocenters. The predicted octanol–water partition coefficient (Wildman–Crippen LogP) is 1.55. The van der Waals surface area contributed by atoms with Gasteiger partial charge in [0.1, 0.15) is 5.78 Å². The molecule has 2 bridgehead atoms. The Morgan fingerprint density at radius 2 is 1.82 bits per heavy atom. The molecule has 0 saturated heterocycles. The van der Waals surface area contributed by atoms with Crippen LogP contribution in [0.25, 0.3) is 0 Å². The quantitative estimate of drug-likeness (QED) is 0.788. The van der Waals surface area contributed by atoms with Gasteiger partial charge >= 0.3 is 0 Å². The zero-order valence-corrected chi connectivity index (χ0v) is 12.1. The van der Waals surface area contributed by atoms with Gasteiger partial charge in [0, 0.05) is 5.41 Å². The molecule has 2 heteroatoms. The smallest absolute Gasteiger partial charge is 0.148 e. The lowest BCUT2D eigenvalue weighted by molar-refractivity contribution is -0.899. The number of Topliss-reactive ketones (excluding diaryl/α,β-unsaturated/α-hetero) is 1. The Kier molecular flexibility index (Phi) is 3.14. The minimum Gasteiger partial charge on any atom is -0.335 e. The zero-order valence-electron chi connectivity index (χ0n) is 12.1. The molecule has 2 aliphatic rings. The molecule has 3 unspecified atom stereocenters. The van der Waals surface area contributed by atoms with Crippen molar-refractivity contribution in [2.75, 3.05) is 19.6 Å². The van der Waals surface area contributed by atoms with E-state index < -0.39 is 0 Å². The second-order valence-corrected chi connectivity index (χ2v) is 6.83. The lowest BCUT2D eigenvalue weighted by atomic mass is 9.70. The fourth-order valence-corrected chi connectivity index (χ4v) is 4.36. The van der Waals surface area contributed by atoms with Gasteiger partial charge in [-0.25, -0.2) is 0 Å². The van der Waals surface area contributed by atoms with E-state index in [1.165, 1.54) is 6.42 Å². The molecule has 2 aliphatic carbocycles. The molecule has 0 heterocycles. The van der Waals surface area contributed by atoms with Gasteiger partial charge in [-0.1, -0.05) is 20.8 Å². The summed E-state index contributed by atoms with van der Waals surface area (Å²) in [5, 5.41) is 0. The number of quaternary nitrogens is 1. The number of hydrogen-bond acceptors (Lipinski definition) is 1. The van der Waals surface area contributed by atoms with Gasteiger partial charge in [0.15, 0.2) is 0 Å². The first kappa shape index (κ1) is 13.1. The van der Waals surface area contributed by atoms with Crippen molar-refractivity contribution in [3.63, 3.8) is 0 Å². The summed E-state index contributed by atoms with van der Waals surface area (Å²) in [4.78, 5) is 14.2. The van der Waals surface area contributed by atoms with Gasteiger partial charge in [0.2, 0.25) is 0 Å². The van der Waals surface area contributed by atoms with Crippen molar-refractivity contribution in [2.24, 2.45) is 22.7 Å². The molecular weight excluding hydrogens is 210 g/mol. The van der Waals surface area contributed by atoms with E-state index in [1.54, 1.807) is 4.90 Å². The van der Waals surface area contributed by atoms with Crippen molar-refractivity contribution >= 4 is 5.78 Å². The molecule has 2 rings (SSSR count). The molecule has 0 aliphatic heterocycles. The fourth-order valence-electron chi connectivity index (χ4n) is 4.36. The molecular formula is C15H28NO+. The summed E-state index contributed by atoms with van der Waals surface area (Å²) in [6.07, 6.45) is 2.38. The van der Waals surface area contributed by atoms with E-state index >= 15 is 0 Å². The first-order chi connectivity index (χ1) is 7.88. The second-order valence-electron chi connectivity index (χ2n) is 6.83. The summed E-state index contributed by atoms with van der Waals surface area (Å²) in [7, 11) is 0. The fraction of sp³-hybridized carbons (Fsp3) is 0.933. The van der Waals surface area contributed by atoms with E-state index in [4.69, 9.17) is 0 Å². The van der Waals surface area contributed by atoms with E-state index in [1.807, 2.05) is 0 Å². The SMILES string of the molecule is CC[NH+](CC)CC1C(=O)C2(C)CCC1C2(C)C. The Morgan fingerprint density at radius 3 is 2.24 bits per heavy atom. The van der Waals surface area contributed by atoms with Crippen LogP contribution in [0, 0.1) is 22.7 Å². The number of carbonyl (C=O) groups excluding carboxylic acids is 1. The highest BCUT2D eigenvalue weighted by Crippen LogP contribution is 2.65. The third-order valence-corrected chi connectivity index (χ3v) is 6.18. The lowest BCUT2D eigenvalue weighted by Crippen LogP contribution is -3.12. The average molecular weight is 238 g/mol. The first-order valence-electron chi connectivity index (χ1n) is 7.26. The number of hydrogen-bond donors (Lipinski definition) is 1. The van der Waals surface area contributed by atoms with Crippen molar-refractivity contribution in [3.05, 3.63) is 0 Å². The summed E-state index contributed by atoms with van der Waals surface area (Å²) >= 11 is 0. The third kappa shape index (κ3) is 1.60. The van der Waals surface area contributed by atoms with Crippen LogP contribution in [0.5, 0.6) is 0 Å². The van der Waals surface area contributed by atoms with E-state index in [0.29, 0.717) is 17.6 Å². The van der Waals surface area contributed by atoms with Gasteiger partial charge in [-0.3, -0.25) is 4.79 Å². The third-order valence-electron chi connectivity index (χ3n) is 6.18. The highest BCUT2D eigenvalue weighted by atomic mass is 16.1. The van der Waals surface area contributed by atoms with Crippen LogP contribution >= 0.6 is 0 Å². The number of rotatable bonds is 4. The molecule has 0 aromatic carbocycles. The molecule has 2 nitrogen and oxygen atoms in total. The minimum atomic E-state index is -0.0328. The van der Waals surface area contributed by atoms with Crippen molar-refractivity contribution in [1.29, 1.82) is 0 Å². The van der Waals surface area contributed by atoms with Gasteiger partial charge in [0.25, 0.3) is 0 Å². The summed E-state index contributed by atoms with van der Waals surface area (Å²) in [6, 6.07) is 0. The molecule has 98 valence electrons. The molecule has 1 N–H and O–H groups in total. The molecule has 0 amide bonds. The van der Waals surface area contributed by atoms with Crippen LogP contribution in [-0.2, 0) is 4.79 Å². The molecule has 17 heavy (non-hydrogen) atoms. The van der Waals surface area contributed by atoms with Gasteiger partial charge in [-0.15, -0.1) is 0 Å². The normalized spacial score (nSPS) is 39.3. The summed E-state index contributed by atoms with van der Waals surface area (Å²) < 4.78 is 0. The molecule has 0 spiro atoms. The molecule has 0 aromatic heterocycles. The molecule has 2 saturated carbocycles. The van der Waals surface area contributed by atoms with E-state index in [-0.39, 0.29) is 10.8 Å². The Labute approximate surface area is 106 Å². The van der Waals surface area contributed by atoms with Crippen molar-refractivity contribution in [2.45, 2.75) is 47.5 Å². The van der Waals surface area contributed by atoms with Crippen LogP contribution in [-0.4, -0.2) is 25.4 Å². The average Bonchev–Trinajstić information content (AvgIpc) is 2.59. The van der Waals surface area contributed by atoms with Gasteiger partial charge in [-0.2, -0.15) is 0 Å². The number of fused-ring (bicyclic) bond motifs is 2. The zero-order chi connectivity index (χ0) is 12.8. The van der Waals surface area contributed by atoms with Crippen LogP contribution in [0.2, 0.25) is 0 Å². The van der Waals surface area contributed by atoms with Gasteiger partial charge in [0.05, 0.1) is 25.6 Å². The summed E-state index contributed by atoms with van der Waals surface area (Å²) in [5.41, 5.74) is 0.191. The van der Waals surface area contributed by atoms with Crippen LogP contribution in [0.1, 0.15) is 47.5 Å². The number of carbonyl (C=O) groups is 1.